The molecule has 0 aromatic carbocycles. The molecular weight excluding hydrogens is 230 g/mol. The van der Waals surface area contributed by atoms with E-state index in [2.05, 4.69) is 34.0 Å². The van der Waals surface area contributed by atoms with E-state index in [0.717, 1.165) is 12.8 Å². The number of aromatic nitrogens is 4. The molecule has 6 heteroatoms. The van der Waals surface area contributed by atoms with Crippen molar-refractivity contribution in [3.8, 4) is 11.5 Å². The molecule has 2 aromatic rings. The average Bonchev–Trinajstić information content (AvgIpc) is 2.93. The molecule has 0 aliphatic rings. The van der Waals surface area contributed by atoms with Gasteiger partial charge < -0.3 is 10.3 Å². The van der Waals surface area contributed by atoms with E-state index in [1.807, 2.05) is 0 Å². The lowest BCUT2D eigenvalue weighted by molar-refractivity contribution is 0.267. The molecule has 0 saturated heterocycles. The van der Waals surface area contributed by atoms with Gasteiger partial charge in [0.05, 0.1) is 11.6 Å². The highest BCUT2D eigenvalue weighted by Gasteiger charge is 2.33. The van der Waals surface area contributed by atoms with Gasteiger partial charge in [-0.3, -0.25) is 4.98 Å². The van der Waals surface area contributed by atoms with Gasteiger partial charge >= 0.3 is 0 Å². The second kappa shape index (κ2) is 5.22. The van der Waals surface area contributed by atoms with Crippen LogP contribution in [0.15, 0.2) is 23.1 Å². The molecule has 0 atom stereocenters. The first kappa shape index (κ1) is 12.6. The first-order valence-electron chi connectivity index (χ1n) is 6.06. The minimum absolute atomic E-state index is 0.243. The summed E-state index contributed by atoms with van der Waals surface area (Å²) in [6.07, 6.45) is 6.54. The lowest BCUT2D eigenvalue weighted by Crippen LogP contribution is -2.34. The number of rotatable bonds is 5. The van der Waals surface area contributed by atoms with Crippen molar-refractivity contribution in [3.05, 3.63) is 24.5 Å². The predicted molar refractivity (Wildman–Crippen MR) is 66.6 cm³/mol. The summed E-state index contributed by atoms with van der Waals surface area (Å²) in [5.74, 6) is 1.04. The van der Waals surface area contributed by atoms with Gasteiger partial charge in [-0.25, -0.2) is 4.98 Å². The van der Waals surface area contributed by atoms with Crippen molar-refractivity contribution < 1.29 is 4.52 Å². The Balaban J connectivity index is 2.36. The third-order valence-electron chi connectivity index (χ3n) is 3.42. The first-order chi connectivity index (χ1) is 8.75. The van der Waals surface area contributed by atoms with Crippen molar-refractivity contribution in [2.24, 2.45) is 5.73 Å². The summed E-state index contributed by atoms with van der Waals surface area (Å²) >= 11 is 0. The molecule has 2 heterocycles. The Morgan fingerprint density at radius 3 is 2.61 bits per heavy atom. The molecule has 0 bridgehead atoms. The highest BCUT2D eigenvalue weighted by Crippen LogP contribution is 2.30. The molecule has 0 saturated carbocycles. The van der Waals surface area contributed by atoms with Crippen LogP contribution >= 0.6 is 0 Å². The highest BCUT2D eigenvalue weighted by atomic mass is 16.5. The van der Waals surface area contributed by atoms with E-state index in [9.17, 15) is 0 Å². The van der Waals surface area contributed by atoms with Gasteiger partial charge in [0, 0.05) is 18.9 Å². The molecule has 2 rings (SSSR count). The van der Waals surface area contributed by atoms with Crippen molar-refractivity contribution in [1.82, 2.24) is 20.1 Å². The molecule has 0 radical (unpaired) electrons. The van der Waals surface area contributed by atoms with Crippen LogP contribution in [0, 0.1) is 0 Å². The number of nitrogens with two attached hydrogens (primary N) is 1. The van der Waals surface area contributed by atoms with Crippen LogP contribution in [0.5, 0.6) is 0 Å². The van der Waals surface area contributed by atoms with Gasteiger partial charge in [-0.15, -0.1) is 0 Å². The fourth-order valence-corrected chi connectivity index (χ4v) is 1.89. The Hall–Kier alpha value is -1.82. The minimum atomic E-state index is -0.243. The van der Waals surface area contributed by atoms with E-state index in [4.69, 9.17) is 10.3 Å². The molecule has 0 aliphatic carbocycles. The van der Waals surface area contributed by atoms with Crippen molar-refractivity contribution in [2.75, 3.05) is 6.54 Å². The fraction of sp³-hybridized carbons (Fsp3) is 0.500. The number of hydrogen-bond donors (Lipinski definition) is 1. The summed E-state index contributed by atoms with van der Waals surface area (Å²) in [6.45, 7) is 4.63. The van der Waals surface area contributed by atoms with Gasteiger partial charge in [-0.05, 0) is 12.8 Å². The highest BCUT2D eigenvalue weighted by molar-refractivity contribution is 5.45. The van der Waals surface area contributed by atoms with Crippen molar-refractivity contribution in [1.29, 1.82) is 0 Å². The first-order valence-corrected chi connectivity index (χ1v) is 6.06. The second-order valence-electron chi connectivity index (χ2n) is 4.21. The summed E-state index contributed by atoms with van der Waals surface area (Å²) in [6, 6.07) is 0. The third kappa shape index (κ3) is 2.11. The standard InChI is InChI=1S/C12H17N5O/c1-3-12(4-2,8-13)11-16-10(17-18-11)9-7-14-5-6-15-9/h5-7H,3-4,8,13H2,1-2H3. The van der Waals surface area contributed by atoms with Crippen LogP contribution in [-0.4, -0.2) is 26.7 Å². The topological polar surface area (TPSA) is 90.7 Å². The van der Waals surface area contributed by atoms with E-state index in [1.165, 1.54) is 0 Å². The van der Waals surface area contributed by atoms with Crippen LogP contribution in [0.1, 0.15) is 32.6 Å². The average molecular weight is 247 g/mol. The van der Waals surface area contributed by atoms with Crippen LogP contribution in [0.4, 0.5) is 0 Å². The van der Waals surface area contributed by atoms with Crippen LogP contribution < -0.4 is 5.73 Å². The Bertz CT molecular complexity index is 484. The maximum atomic E-state index is 5.85. The molecule has 0 unspecified atom stereocenters. The van der Waals surface area contributed by atoms with E-state index in [1.54, 1.807) is 18.6 Å². The van der Waals surface area contributed by atoms with Crippen LogP contribution in [0.3, 0.4) is 0 Å². The molecule has 0 spiro atoms. The molecule has 0 aliphatic heterocycles. The molecule has 18 heavy (non-hydrogen) atoms. The fourth-order valence-electron chi connectivity index (χ4n) is 1.89. The zero-order chi connectivity index (χ0) is 13.0. The maximum absolute atomic E-state index is 5.85. The van der Waals surface area contributed by atoms with E-state index >= 15 is 0 Å². The maximum Gasteiger partial charge on any atom is 0.234 e. The van der Waals surface area contributed by atoms with Crippen molar-refractivity contribution in [2.45, 2.75) is 32.1 Å². The SMILES string of the molecule is CCC(CC)(CN)c1nc(-c2cnccn2)no1. The summed E-state index contributed by atoms with van der Waals surface area (Å²) < 4.78 is 5.35. The van der Waals surface area contributed by atoms with Crippen molar-refractivity contribution >= 4 is 0 Å². The van der Waals surface area contributed by atoms with Gasteiger partial charge in [0.2, 0.25) is 11.7 Å². The summed E-state index contributed by atoms with van der Waals surface area (Å²) in [5, 5.41) is 3.95. The molecule has 6 nitrogen and oxygen atoms in total. The van der Waals surface area contributed by atoms with Crippen molar-refractivity contribution in [3.63, 3.8) is 0 Å². The van der Waals surface area contributed by atoms with E-state index < -0.39 is 0 Å². The molecule has 96 valence electrons. The lowest BCUT2D eigenvalue weighted by atomic mass is 9.82. The zero-order valence-corrected chi connectivity index (χ0v) is 10.6. The molecule has 2 aromatic heterocycles. The number of nitrogens with zero attached hydrogens (tertiary/aromatic N) is 4. The predicted octanol–water partition coefficient (Wildman–Crippen LogP) is 1.54. The van der Waals surface area contributed by atoms with Gasteiger partial charge in [-0.1, -0.05) is 19.0 Å². The van der Waals surface area contributed by atoms with Gasteiger partial charge in [0.15, 0.2) is 0 Å². The molecular formula is C12H17N5O. The van der Waals surface area contributed by atoms with E-state index in [-0.39, 0.29) is 5.41 Å². The largest absolute Gasteiger partial charge is 0.338 e. The van der Waals surface area contributed by atoms with Gasteiger partial charge in [0.25, 0.3) is 0 Å². The zero-order valence-electron chi connectivity index (χ0n) is 10.6. The Morgan fingerprint density at radius 2 is 2.06 bits per heavy atom. The third-order valence-corrected chi connectivity index (χ3v) is 3.42. The summed E-state index contributed by atoms with van der Waals surface area (Å²) in [7, 11) is 0. The van der Waals surface area contributed by atoms with Crippen LogP contribution in [0.25, 0.3) is 11.5 Å². The molecule has 2 N–H and O–H groups in total. The smallest absolute Gasteiger partial charge is 0.234 e. The Kier molecular flexibility index (Phi) is 3.66. The van der Waals surface area contributed by atoms with Gasteiger partial charge in [0.1, 0.15) is 5.69 Å². The lowest BCUT2D eigenvalue weighted by Gasteiger charge is -2.24. The monoisotopic (exact) mass is 247 g/mol. The van der Waals surface area contributed by atoms with Crippen LogP contribution in [0.2, 0.25) is 0 Å². The van der Waals surface area contributed by atoms with E-state index in [0.29, 0.717) is 24.0 Å². The van der Waals surface area contributed by atoms with Gasteiger partial charge in [-0.2, -0.15) is 4.98 Å². The quantitative estimate of drug-likeness (QED) is 0.861. The molecule has 0 fully saturated rings. The van der Waals surface area contributed by atoms with Crippen LogP contribution in [-0.2, 0) is 5.41 Å². The Morgan fingerprint density at radius 1 is 1.28 bits per heavy atom. The normalized spacial score (nSPS) is 11.7. The summed E-state index contributed by atoms with van der Waals surface area (Å²) in [4.78, 5) is 12.5. The summed E-state index contributed by atoms with van der Waals surface area (Å²) in [5.41, 5.74) is 6.21. The molecule has 0 amide bonds. The second-order valence-corrected chi connectivity index (χ2v) is 4.21. The Labute approximate surface area is 106 Å². The number of hydrogen-bond acceptors (Lipinski definition) is 6. The minimum Gasteiger partial charge on any atom is -0.338 e.